The molecule has 0 radical (unpaired) electrons. The molecule has 2 aromatic rings. The van der Waals surface area contributed by atoms with Crippen LogP contribution in [0.1, 0.15) is 30.5 Å². The highest BCUT2D eigenvalue weighted by molar-refractivity contribution is 5.20. The summed E-state index contributed by atoms with van der Waals surface area (Å²) in [6, 6.07) is 14.3. The van der Waals surface area contributed by atoms with Crippen LogP contribution in [0, 0.1) is 0 Å². The number of ether oxygens (including phenoxy) is 1. The highest BCUT2D eigenvalue weighted by Gasteiger charge is 2.01. The van der Waals surface area contributed by atoms with Crippen LogP contribution in [0.4, 0.5) is 0 Å². The van der Waals surface area contributed by atoms with Crippen molar-refractivity contribution in [3.8, 4) is 5.88 Å². The quantitative estimate of drug-likeness (QED) is 0.808. The van der Waals surface area contributed by atoms with Crippen molar-refractivity contribution in [2.75, 3.05) is 6.61 Å². The molecule has 0 saturated heterocycles. The van der Waals surface area contributed by atoms with Crippen molar-refractivity contribution in [2.24, 2.45) is 5.73 Å². The first-order valence-electron chi connectivity index (χ1n) is 6.64. The first-order chi connectivity index (χ1) is 9.25. The van der Waals surface area contributed by atoms with E-state index in [-0.39, 0.29) is 6.04 Å². The lowest BCUT2D eigenvalue weighted by Gasteiger charge is -2.08. The van der Waals surface area contributed by atoms with Crippen molar-refractivity contribution in [2.45, 2.75) is 25.8 Å². The van der Waals surface area contributed by atoms with Crippen molar-refractivity contribution in [3.05, 3.63) is 59.8 Å². The molecule has 1 aromatic heterocycles. The molecule has 1 atom stereocenters. The van der Waals surface area contributed by atoms with Gasteiger partial charge in [-0.25, -0.2) is 4.98 Å². The average molecular weight is 256 g/mol. The topological polar surface area (TPSA) is 48.1 Å². The Morgan fingerprint density at radius 2 is 1.95 bits per heavy atom. The van der Waals surface area contributed by atoms with E-state index in [1.165, 1.54) is 5.56 Å². The number of nitrogens with two attached hydrogens (primary N) is 1. The van der Waals surface area contributed by atoms with E-state index >= 15 is 0 Å². The molecule has 0 bridgehead atoms. The minimum atomic E-state index is 0.0135. The van der Waals surface area contributed by atoms with Gasteiger partial charge in [-0.15, -0.1) is 0 Å². The van der Waals surface area contributed by atoms with Crippen LogP contribution >= 0.6 is 0 Å². The second kappa shape index (κ2) is 6.90. The monoisotopic (exact) mass is 256 g/mol. The number of nitrogens with zero attached hydrogens (tertiary/aromatic N) is 1. The Kier molecular flexibility index (Phi) is 4.93. The Morgan fingerprint density at radius 3 is 2.58 bits per heavy atom. The number of rotatable bonds is 6. The number of aryl methyl sites for hydroxylation is 1. The molecule has 1 aromatic carbocycles. The largest absolute Gasteiger partial charge is 0.478 e. The normalized spacial score (nSPS) is 12.1. The van der Waals surface area contributed by atoms with Gasteiger partial charge >= 0.3 is 0 Å². The minimum absolute atomic E-state index is 0.0135. The molecule has 0 amide bonds. The van der Waals surface area contributed by atoms with Gasteiger partial charge in [-0.05, 0) is 30.9 Å². The summed E-state index contributed by atoms with van der Waals surface area (Å²) in [7, 11) is 0. The number of hydrogen-bond donors (Lipinski definition) is 1. The van der Waals surface area contributed by atoms with Gasteiger partial charge in [-0.3, -0.25) is 0 Å². The van der Waals surface area contributed by atoms with E-state index in [0.29, 0.717) is 12.5 Å². The highest BCUT2D eigenvalue weighted by atomic mass is 16.5. The Labute approximate surface area is 114 Å². The molecule has 2 rings (SSSR count). The van der Waals surface area contributed by atoms with Crippen LogP contribution in [-0.2, 0) is 6.42 Å². The van der Waals surface area contributed by atoms with Crippen molar-refractivity contribution in [1.82, 2.24) is 4.98 Å². The predicted molar refractivity (Wildman–Crippen MR) is 77.1 cm³/mol. The maximum absolute atomic E-state index is 5.77. The number of benzene rings is 1. The summed E-state index contributed by atoms with van der Waals surface area (Å²) in [5.74, 6) is 0.664. The zero-order valence-electron chi connectivity index (χ0n) is 11.3. The summed E-state index contributed by atoms with van der Waals surface area (Å²) >= 11 is 0. The molecular weight excluding hydrogens is 236 g/mol. The molecule has 0 aliphatic rings. The van der Waals surface area contributed by atoms with Crippen LogP contribution in [0.5, 0.6) is 5.88 Å². The maximum Gasteiger partial charge on any atom is 0.213 e. The highest BCUT2D eigenvalue weighted by Crippen LogP contribution is 2.12. The summed E-state index contributed by atoms with van der Waals surface area (Å²) < 4.78 is 5.61. The summed E-state index contributed by atoms with van der Waals surface area (Å²) in [6.45, 7) is 2.62. The van der Waals surface area contributed by atoms with E-state index in [0.717, 1.165) is 18.4 Å². The van der Waals surface area contributed by atoms with E-state index < -0.39 is 0 Å². The van der Waals surface area contributed by atoms with Crippen molar-refractivity contribution < 1.29 is 4.74 Å². The molecule has 100 valence electrons. The Balaban J connectivity index is 1.74. The summed E-state index contributed by atoms with van der Waals surface area (Å²) in [5, 5.41) is 0. The van der Waals surface area contributed by atoms with E-state index in [1.54, 1.807) is 6.20 Å². The number of pyridine rings is 1. The van der Waals surface area contributed by atoms with Gasteiger partial charge in [-0.2, -0.15) is 0 Å². The van der Waals surface area contributed by atoms with Crippen molar-refractivity contribution >= 4 is 0 Å². The fourth-order valence-electron chi connectivity index (χ4n) is 1.84. The fourth-order valence-corrected chi connectivity index (χ4v) is 1.84. The molecule has 1 heterocycles. The molecule has 0 unspecified atom stereocenters. The van der Waals surface area contributed by atoms with Gasteiger partial charge in [-0.1, -0.05) is 36.4 Å². The fraction of sp³-hybridized carbons (Fsp3) is 0.312. The molecule has 0 spiro atoms. The van der Waals surface area contributed by atoms with Gasteiger partial charge in [0.2, 0.25) is 5.88 Å². The molecule has 0 fully saturated rings. The molecule has 0 aliphatic carbocycles. The maximum atomic E-state index is 5.77. The number of hydrogen-bond acceptors (Lipinski definition) is 3. The van der Waals surface area contributed by atoms with Gasteiger partial charge in [0.1, 0.15) is 0 Å². The van der Waals surface area contributed by atoms with Crippen molar-refractivity contribution in [1.29, 1.82) is 0 Å². The summed E-state index contributed by atoms with van der Waals surface area (Å²) in [5.41, 5.74) is 8.13. The SMILES string of the molecule is C[C@H](N)c1ccc(OCCCc2ccccc2)nc1. The first-order valence-corrected chi connectivity index (χ1v) is 6.64. The van der Waals surface area contributed by atoms with Crippen LogP contribution in [0.25, 0.3) is 0 Å². The molecule has 3 heteroatoms. The second-order valence-corrected chi connectivity index (χ2v) is 4.66. The van der Waals surface area contributed by atoms with Gasteiger partial charge in [0, 0.05) is 18.3 Å². The zero-order chi connectivity index (χ0) is 13.5. The summed E-state index contributed by atoms with van der Waals surface area (Å²) in [6.07, 6.45) is 3.79. The average Bonchev–Trinajstić information content (AvgIpc) is 2.45. The van der Waals surface area contributed by atoms with Gasteiger partial charge < -0.3 is 10.5 Å². The van der Waals surface area contributed by atoms with E-state index in [1.807, 2.05) is 25.1 Å². The molecule has 0 saturated carbocycles. The molecule has 3 nitrogen and oxygen atoms in total. The third-order valence-corrected chi connectivity index (χ3v) is 2.99. The number of aromatic nitrogens is 1. The first kappa shape index (κ1) is 13.6. The van der Waals surface area contributed by atoms with E-state index in [4.69, 9.17) is 10.5 Å². The van der Waals surface area contributed by atoms with Crippen LogP contribution in [-0.4, -0.2) is 11.6 Å². The van der Waals surface area contributed by atoms with Gasteiger partial charge in [0.25, 0.3) is 0 Å². The third kappa shape index (κ3) is 4.38. The second-order valence-electron chi connectivity index (χ2n) is 4.66. The van der Waals surface area contributed by atoms with Crippen LogP contribution in [0.3, 0.4) is 0 Å². The Hall–Kier alpha value is -1.87. The lowest BCUT2D eigenvalue weighted by molar-refractivity contribution is 0.299. The molecule has 2 N–H and O–H groups in total. The summed E-state index contributed by atoms with van der Waals surface area (Å²) in [4.78, 5) is 4.24. The smallest absolute Gasteiger partial charge is 0.213 e. The lowest BCUT2D eigenvalue weighted by Crippen LogP contribution is -2.06. The predicted octanol–water partition coefficient (Wildman–Crippen LogP) is 3.11. The lowest BCUT2D eigenvalue weighted by atomic mass is 10.1. The minimum Gasteiger partial charge on any atom is -0.478 e. The third-order valence-electron chi connectivity index (χ3n) is 2.99. The molecule has 19 heavy (non-hydrogen) atoms. The Bertz CT molecular complexity index is 480. The Morgan fingerprint density at radius 1 is 1.16 bits per heavy atom. The standard InChI is InChI=1S/C16H20N2O/c1-13(17)15-9-10-16(18-12-15)19-11-5-8-14-6-3-2-4-7-14/h2-4,6-7,9-10,12-13H,5,8,11,17H2,1H3/t13-/m0/s1. The van der Waals surface area contributed by atoms with E-state index in [2.05, 4.69) is 29.2 Å². The van der Waals surface area contributed by atoms with E-state index in [9.17, 15) is 0 Å². The van der Waals surface area contributed by atoms with Gasteiger partial charge in [0.15, 0.2) is 0 Å². The van der Waals surface area contributed by atoms with Crippen molar-refractivity contribution in [3.63, 3.8) is 0 Å². The zero-order valence-corrected chi connectivity index (χ0v) is 11.3. The van der Waals surface area contributed by atoms with Crippen LogP contribution < -0.4 is 10.5 Å². The van der Waals surface area contributed by atoms with Crippen LogP contribution in [0.2, 0.25) is 0 Å². The van der Waals surface area contributed by atoms with Crippen LogP contribution in [0.15, 0.2) is 48.7 Å². The molecular formula is C16H20N2O. The van der Waals surface area contributed by atoms with Gasteiger partial charge in [0.05, 0.1) is 6.61 Å². The molecule has 0 aliphatic heterocycles.